The summed E-state index contributed by atoms with van der Waals surface area (Å²) in [6.45, 7) is 9.98. The minimum absolute atomic E-state index is 0.0413. The Labute approximate surface area is 207 Å². The SMILES string of the molecule is Cc1cc(C(C)Nc2ccc(S(C)=O)cc2C(=O)O)c2oc(N3CCC(C)(C)CC3)cc(=O)c2c1. The molecule has 0 spiro atoms. The number of anilines is 2. The number of rotatable bonds is 6. The predicted molar refractivity (Wildman–Crippen MR) is 140 cm³/mol. The quantitative estimate of drug-likeness (QED) is 0.475. The number of hydrogen-bond acceptors (Lipinski definition) is 6. The molecule has 0 amide bonds. The van der Waals surface area contributed by atoms with Gasteiger partial charge in [0.25, 0.3) is 0 Å². The van der Waals surface area contributed by atoms with Gasteiger partial charge in [0.1, 0.15) is 5.58 Å². The zero-order valence-corrected chi connectivity index (χ0v) is 21.6. The highest BCUT2D eigenvalue weighted by molar-refractivity contribution is 7.84. The van der Waals surface area contributed by atoms with Crippen LogP contribution in [0.2, 0.25) is 0 Å². The number of carboxylic acid groups (broad SMARTS) is 1. The number of hydrogen-bond donors (Lipinski definition) is 2. The number of nitrogens with one attached hydrogen (secondary N) is 1. The molecule has 1 saturated heterocycles. The zero-order valence-electron chi connectivity index (χ0n) is 20.8. The van der Waals surface area contributed by atoms with Gasteiger partial charge in [-0.15, -0.1) is 0 Å². The van der Waals surface area contributed by atoms with Crippen LogP contribution in [0.1, 0.15) is 61.1 Å². The van der Waals surface area contributed by atoms with E-state index in [1.54, 1.807) is 18.2 Å². The summed E-state index contributed by atoms with van der Waals surface area (Å²) in [6.07, 6.45) is 3.55. The Bertz CT molecular complexity index is 1370. The molecule has 0 bridgehead atoms. The Morgan fingerprint density at radius 2 is 1.86 bits per heavy atom. The van der Waals surface area contributed by atoms with Gasteiger partial charge in [-0.05, 0) is 61.9 Å². The van der Waals surface area contributed by atoms with Crippen LogP contribution in [0.25, 0.3) is 11.0 Å². The molecule has 2 atom stereocenters. The molecule has 186 valence electrons. The van der Waals surface area contributed by atoms with Crippen molar-refractivity contribution in [2.75, 3.05) is 29.6 Å². The molecule has 0 saturated carbocycles. The van der Waals surface area contributed by atoms with Crippen LogP contribution in [-0.2, 0) is 10.8 Å². The molecule has 1 aliphatic rings. The Morgan fingerprint density at radius 1 is 1.17 bits per heavy atom. The van der Waals surface area contributed by atoms with E-state index < -0.39 is 16.8 Å². The van der Waals surface area contributed by atoms with Crippen molar-refractivity contribution in [3.63, 3.8) is 0 Å². The third-order valence-corrected chi connectivity index (χ3v) is 7.73. The molecule has 7 nitrogen and oxygen atoms in total. The first-order valence-electron chi connectivity index (χ1n) is 11.8. The molecule has 2 heterocycles. The van der Waals surface area contributed by atoms with E-state index in [0.717, 1.165) is 37.1 Å². The highest BCUT2D eigenvalue weighted by Gasteiger charge is 2.27. The van der Waals surface area contributed by atoms with Gasteiger partial charge in [-0.1, -0.05) is 19.9 Å². The van der Waals surface area contributed by atoms with Crippen molar-refractivity contribution in [1.82, 2.24) is 0 Å². The smallest absolute Gasteiger partial charge is 0.337 e. The van der Waals surface area contributed by atoms with Gasteiger partial charge < -0.3 is 19.7 Å². The number of benzene rings is 2. The van der Waals surface area contributed by atoms with Gasteiger partial charge in [0.15, 0.2) is 11.3 Å². The number of piperidine rings is 1. The molecule has 2 unspecified atom stereocenters. The Kier molecular flexibility index (Phi) is 6.77. The van der Waals surface area contributed by atoms with E-state index >= 15 is 0 Å². The van der Waals surface area contributed by atoms with Crippen molar-refractivity contribution in [2.45, 2.75) is 51.5 Å². The van der Waals surface area contributed by atoms with E-state index in [1.807, 2.05) is 26.0 Å². The van der Waals surface area contributed by atoms with Gasteiger partial charge in [0.05, 0.1) is 17.0 Å². The normalized spacial score (nSPS) is 17.2. The van der Waals surface area contributed by atoms with Gasteiger partial charge >= 0.3 is 5.97 Å². The number of carbonyl (C=O) groups is 1. The van der Waals surface area contributed by atoms with Crippen LogP contribution in [-0.4, -0.2) is 34.6 Å². The molecule has 8 heteroatoms. The average molecular weight is 497 g/mol. The summed E-state index contributed by atoms with van der Waals surface area (Å²) >= 11 is 0. The molecule has 0 radical (unpaired) electrons. The molecule has 4 rings (SSSR count). The van der Waals surface area contributed by atoms with Crippen molar-refractivity contribution >= 4 is 39.3 Å². The zero-order chi connectivity index (χ0) is 25.5. The summed E-state index contributed by atoms with van der Waals surface area (Å²) in [7, 11) is -1.29. The molecular formula is C27H32N2O5S. The Balaban J connectivity index is 1.75. The van der Waals surface area contributed by atoms with Crippen LogP contribution >= 0.6 is 0 Å². The topological polar surface area (TPSA) is 99.8 Å². The molecule has 2 N–H and O–H groups in total. The van der Waals surface area contributed by atoms with E-state index in [9.17, 15) is 18.9 Å². The molecule has 1 fully saturated rings. The summed E-state index contributed by atoms with van der Waals surface area (Å²) in [4.78, 5) is 27.5. The fourth-order valence-electron chi connectivity index (χ4n) is 4.55. The van der Waals surface area contributed by atoms with Crippen molar-refractivity contribution < 1.29 is 18.5 Å². The predicted octanol–water partition coefficient (Wildman–Crippen LogP) is 5.34. The lowest BCUT2D eigenvalue weighted by atomic mass is 9.83. The van der Waals surface area contributed by atoms with Crippen LogP contribution in [0.4, 0.5) is 11.6 Å². The molecule has 3 aromatic rings. The molecule has 2 aromatic carbocycles. The summed E-state index contributed by atoms with van der Waals surface area (Å²) in [5, 5.41) is 13.5. The third-order valence-electron chi connectivity index (χ3n) is 6.81. The molecule has 0 aliphatic carbocycles. The minimum atomic E-state index is -1.29. The lowest BCUT2D eigenvalue weighted by Gasteiger charge is -2.37. The van der Waals surface area contributed by atoms with Crippen LogP contribution in [0.15, 0.2) is 50.5 Å². The molecule has 1 aliphatic heterocycles. The highest BCUT2D eigenvalue weighted by Crippen LogP contribution is 2.35. The standard InChI is InChI=1S/C27H32N2O5S/c1-16-12-19(17(2)28-22-7-6-18(35(5)33)14-20(22)26(31)32)25-21(13-16)23(30)15-24(34-25)29-10-8-27(3,4)9-11-29/h6-7,12-15,17,28H,8-11H2,1-5H3,(H,31,32). The second-order valence-corrected chi connectivity index (χ2v) is 11.5. The summed E-state index contributed by atoms with van der Waals surface area (Å²) in [6, 6.07) is 9.73. The number of aromatic carboxylic acids is 1. The van der Waals surface area contributed by atoms with Crippen molar-refractivity contribution in [1.29, 1.82) is 0 Å². The van der Waals surface area contributed by atoms with Crippen LogP contribution in [0.3, 0.4) is 0 Å². The monoisotopic (exact) mass is 496 g/mol. The minimum Gasteiger partial charge on any atom is -0.478 e. The largest absolute Gasteiger partial charge is 0.478 e. The number of aryl methyl sites for hydroxylation is 1. The van der Waals surface area contributed by atoms with E-state index in [-0.39, 0.29) is 22.4 Å². The first kappa shape index (κ1) is 25.0. The van der Waals surface area contributed by atoms with Crippen LogP contribution < -0.4 is 15.6 Å². The first-order chi connectivity index (χ1) is 16.4. The summed E-state index contributed by atoms with van der Waals surface area (Å²) < 4.78 is 18.2. The van der Waals surface area contributed by atoms with Crippen molar-refractivity contribution in [3.8, 4) is 0 Å². The van der Waals surface area contributed by atoms with Crippen LogP contribution in [0, 0.1) is 12.3 Å². The van der Waals surface area contributed by atoms with E-state index in [2.05, 4.69) is 24.1 Å². The fourth-order valence-corrected chi connectivity index (χ4v) is 5.09. The van der Waals surface area contributed by atoms with Gasteiger partial charge in [-0.3, -0.25) is 9.00 Å². The number of carboxylic acids is 1. The van der Waals surface area contributed by atoms with E-state index in [1.165, 1.54) is 12.3 Å². The maximum Gasteiger partial charge on any atom is 0.337 e. The maximum atomic E-state index is 13.1. The van der Waals surface area contributed by atoms with Crippen molar-refractivity contribution in [2.24, 2.45) is 5.41 Å². The van der Waals surface area contributed by atoms with Gasteiger partial charge in [-0.2, -0.15) is 0 Å². The first-order valence-corrected chi connectivity index (χ1v) is 13.3. The number of nitrogens with zero attached hydrogens (tertiary/aromatic N) is 1. The third kappa shape index (κ3) is 5.27. The van der Waals surface area contributed by atoms with Crippen molar-refractivity contribution in [3.05, 3.63) is 63.3 Å². The highest BCUT2D eigenvalue weighted by atomic mass is 32.2. The molecule has 35 heavy (non-hydrogen) atoms. The second kappa shape index (κ2) is 9.49. The second-order valence-electron chi connectivity index (χ2n) is 10.2. The van der Waals surface area contributed by atoms with Gasteiger partial charge in [0, 0.05) is 52.4 Å². The Morgan fingerprint density at radius 3 is 2.49 bits per heavy atom. The fraction of sp³-hybridized carbons (Fsp3) is 0.407. The lowest BCUT2D eigenvalue weighted by molar-refractivity contribution is 0.0697. The summed E-state index contributed by atoms with van der Waals surface area (Å²) in [5.74, 6) is -0.542. The molecule has 1 aromatic heterocycles. The van der Waals surface area contributed by atoms with Crippen LogP contribution in [0.5, 0.6) is 0 Å². The number of fused-ring (bicyclic) bond motifs is 1. The Hall–Kier alpha value is -3.13. The average Bonchev–Trinajstić information content (AvgIpc) is 2.78. The van der Waals surface area contributed by atoms with E-state index in [0.29, 0.717) is 27.4 Å². The van der Waals surface area contributed by atoms with E-state index in [4.69, 9.17) is 4.42 Å². The molecular weight excluding hydrogens is 464 g/mol. The summed E-state index contributed by atoms with van der Waals surface area (Å²) in [5.41, 5.74) is 2.82. The lowest BCUT2D eigenvalue weighted by Crippen LogP contribution is -2.37. The van der Waals surface area contributed by atoms with Gasteiger partial charge in [0.2, 0.25) is 0 Å². The van der Waals surface area contributed by atoms with Gasteiger partial charge in [-0.25, -0.2) is 4.79 Å². The maximum absolute atomic E-state index is 13.1.